The molecular weight excluding hydrogens is 804 g/mol. The van der Waals surface area contributed by atoms with E-state index in [0.29, 0.717) is 37.7 Å². The zero-order chi connectivity index (χ0) is 45.2. The second kappa shape index (κ2) is 14.9. The van der Waals surface area contributed by atoms with Crippen LogP contribution in [0.1, 0.15) is 105 Å². The number of alkyl halides is 1. The number of fused-ring (bicyclic) bond motifs is 10. The lowest BCUT2D eigenvalue weighted by Crippen LogP contribution is -2.69. The van der Waals surface area contributed by atoms with E-state index in [9.17, 15) is 54.3 Å². The fraction of sp³-hybridized carbons (Fsp3) is 0.708. The Hall–Kier alpha value is -3.69. The van der Waals surface area contributed by atoms with Gasteiger partial charge in [0.2, 0.25) is 11.6 Å². The second-order valence-corrected chi connectivity index (χ2v) is 21.0. The van der Waals surface area contributed by atoms with Gasteiger partial charge in [-0.2, -0.15) is 0 Å². The Morgan fingerprint density at radius 1 is 0.790 bits per heavy atom. The van der Waals surface area contributed by atoms with E-state index in [1.54, 1.807) is 39.8 Å². The lowest BCUT2D eigenvalue weighted by atomic mass is 9.44. The maximum absolute atomic E-state index is 17.5. The van der Waals surface area contributed by atoms with Crippen LogP contribution in [0.3, 0.4) is 0 Å². The molecule has 0 aromatic carbocycles. The highest BCUT2D eigenvalue weighted by Crippen LogP contribution is 2.71. The number of aliphatic hydroxyl groups excluding tert-OH is 3. The number of allylic oxidation sites excluding steroid dienone is 8. The molecule has 6 saturated carbocycles. The van der Waals surface area contributed by atoms with Crippen molar-refractivity contribution in [1.29, 1.82) is 0 Å². The molecule has 0 spiro atoms. The predicted octanol–water partition coefficient (Wildman–Crippen LogP) is 3.71. The minimum Gasteiger partial charge on any atom is -0.457 e. The minimum absolute atomic E-state index is 0.0182. The fourth-order valence-corrected chi connectivity index (χ4v) is 15.0. The van der Waals surface area contributed by atoms with Crippen molar-refractivity contribution in [3.05, 3.63) is 47.6 Å². The molecule has 5 N–H and O–H groups in total. The zero-order valence-corrected chi connectivity index (χ0v) is 36.2. The van der Waals surface area contributed by atoms with Gasteiger partial charge in [0.05, 0.1) is 31.2 Å². The zero-order valence-electron chi connectivity index (χ0n) is 36.2. The highest BCUT2D eigenvalue weighted by Gasteiger charge is 2.76. The summed E-state index contributed by atoms with van der Waals surface area (Å²) in [7, 11) is 0. The molecule has 0 saturated heterocycles. The number of carbonyl (C=O) groups is 6. The number of rotatable bonds is 10. The van der Waals surface area contributed by atoms with Gasteiger partial charge in [-0.1, -0.05) is 51.0 Å². The number of hydrogen-bond acceptors (Lipinski definition) is 13. The molecule has 8 aliphatic rings. The average Bonchev–Trinajstić information content (AvgIpc) is 3.58. The second-order valence-electron chi connectivity index (χ2n) is 21.0. The van der Waals surface area contributed by atoms with Gasteiger partial charge >= 0.3 is 11.9 Å². The number of esters is 2. The SMILES string of the molecule is CC1CC2C3CCC4=CC(=O)C=CC4(C)C3(F)C(O)CC2(C)C1(O)C(=O)COC(=O)CC(O)CC(=O)OCC(=O)C1(O)CCC2C3CCC4=CC(=O)C=CC4(C)C3C(O)CC21C. The quantitative estimate of drug-likeness (QED) is 0.198. The predicted molar refractivity (Wildman–Crippen MR) is 218 cm³/mol. The van der Waals surface area contributed by atoms with Gasteiger partial charge in [-0.15, -0.1) is 0 Å². The average molecular weight is 865 g/mol. The molecule has 16 unspecified atom stereocenters. The number of aliphatic hydroxyl groups is 5. The van der Waals surface area contributed by atoms with Crippen molar-refractivity contribution >= 4 is 35.1 Å². The molecule has 0 radical (unpaired) electrons. The van der Waals surface area contributed by atoms with Crippen molar-refractivity contribution < 1.29 is 68.2 Å². The number of Topliss-reactive ketones (excluding diaryl/α,β-unsaturated/α-hetero) is 2. The van der Waals surface area contributed by atoms with Crippen LogP contribution in [0.5, 0.6) is 0 Å². The summed E-state index contributed by atoms with van der Waals surface area (Å²) in [5.74, 6) is -6.19. The Morgan fingerprint density at radius 2 is 1.39 bits per heavy atom. The van der Waals surface area contributed by atoms with Crippen LogP contribution in [-0.2, 0) is 38.2 Å². The highest BCUT2D eigenvalue weighted by atomic mass is 19.1. The molecule has 0 amide bonds. The number of ketones is 4. The van der Waals surface area contributed by atoms with Gasteiger partial charge in [-0.25, -0.2) is 4.39 Å². The van der Waals surface area contributed by atoms with E-state index in [1.807, 2.05) is 13.0 Å². The smallest absolute Gasteiger partial charge is 0.308 e. The van der Waals surface area contributed by atoms with E-state index in [4.69, 9.17) is 9.47 Å². The summed E-state index contributed by atoms with van der Waals surface area (Å²) >= 11 is 0. The molecule has 62 heavy (non-hydrogen) atoms. The molecule has 16 atom stereocenters. The maximum atomic E-state index is 17.5. The van der Waals surface area contributed by atoms with Gasteiger partial charge in [0, 0.05) is 33.5 Å². The van der Waals surface area contributed by atoms with Gasteiger partial charge in [-0.05, 0) is 113 Å². The lowest BCUT2D eigenvalue weighted by Gasteiger charge is -2.62. The van der Waals surface area contributed by atoms with Crippen LogP contribution in [0.15, 0.2) is 47.6 Å². The van der Waals surface area contributed by atoms with Crippen LogP contribution in [0, 0.1) is 57.2 Å². The van der Waals surface area contributed by atoms with Crippen molar-refractivity contribution in [3.8, 4) is 0 Å². The van der Waals surface area contributed by atoms with Crippen LogP contribution in [0.2, 0.25) is 0 Å². The summed E-state index contributed by atoms with van der Waals surface area (Å²) in [5, 5.41) is 58.0. The summed E-state index contributed by atoms with van der Waals surface area (Å²) in [6, 6.07) is 0. The van der Waals surface area contributed by atoms with E-state index >= 15 is 4.39 Å². The third-order valence-corrected chi connectivity index (χ3v) is 18.3. The lowest BCUT2D eigenvalue weighted by molar-refractivity contribution is -0.220. The summed E-state index contributed by atoms with van der Waals surface area (Å²) in [5.41, 5.74) is -8.59. The van der Waals surface area contributed by atoms with Crippen LogP contribution in [-0.4, -0.2) is 109 Å². The molecule has 0 aromatic heterocycles. The topological polar surface area (TPSA) is 222 Å². The normalized spacial score (nSPS) is 46.8. The van der Waals surface area contributed by atoms with Crippen LogP contribution in [0.25, 0.3) is 0 Å². The third kappa shape index (κ3) is 6.15. The van der Waals surface area contributed by atoms with E-state index in [-0.39, 0.29) is 55.0 Å². The molecule has 6 fully saturated rings. The largest absolute Gasteiger partial charge is 0.457 e. The van der Waals surface area contributed by atoms with Gasteiger partial charge < -0.3 is 35.0 Å². The van der Waals surface area contributed by atoms with Gasteiger partial charge in [-0.3, -0.25) is 28.8 Å². The number of hydrogen-bond donors (Lipinski definition) is 5. The first-order valence-corrected chi connectivity index (χ1v) is 22.3. The molecule has 8 rings (SSSR count). The van der Waals surface area contributed by atoms with E-state index in [2.05, 4.69) is 0 Å². The molecule has 0 heterocycles. The van der Waals surface area contributed by atoms with Crippen LogP contribution >= 0.6 is 0 Å². The van der Waals surface area contributed by atoms with Crippen LogP contribution in [0.4, 0.5) is 4.39 Å². The number of ether oxygens (including phenoxy) is 2. The first-order chi connectivity index (χ1) is 28.9. The molecule has 338 valence electrons. The summed E-state index contributed by atoms with van der Waals surface area (Å²) in [6.07, 6.45) is 6.78. The Bertz CT molecular complexity index is 2110. The monoisotopic (exact) mass is 864 g/mol. The molecule has 0 bridgehead atoms. The van der Waals surface area contributed by atoms with Crippen LogP contribution < -0.4 is 0 Å². The van der Waals surface area contributed by atoms with E-state index < -0.39 is 124 Å². The molecule has 0 aromatic rings. The Balaban J connectivity index is 0.840. The molecule has 14 heteroatoms. The van der Waals surface area contributed by atoms with Crippen molar-refractivity contribution in [3.63, 3.8) is 0 Å². The van der Waals surface area contributed by atoms with Crippen molar-refractivity contribution in [1.82, 2.24) is 0 Å². The van der Waals surface area contributed by atoms with Gasteiger partial charge in [0.1, 0.15) is 11.2 Å². The fourth-order valence-electron chi connectivity index (χ4n) is 15.0. The first-order valence-electron chi connectivity index (χ1n) is 22.3. The maximum Gasteiger partial charge on any atom is 0.308 e. The Kier molecular flexibility index (Phi) is 10.8. The third-order valence-electron chi connectivity index (χ3n) is 18.3. The summed E-state index contributed by atoms with van der Waals surface area (Å²) in [6.45, 7) is 7.20. The van der Waals surface area contributed by atoms with Crippen molar-refractivity contribution in [2.24, 2.45) is 57.2 Å². The minimum atomic E-state index is -2.15. The Morgan fingerprint density at radius 3 is 2.05 bits per heavy atom. The van der Waals surface area contributed by atoms with Crippen molar-refractivity contribution in [2.75, 3.05) is 13.2 Å². The molecule has 13 nitrogen and oxygen atoms in total. The molecular formula is C48H61FO13. The summed E-state index contributed by atoms with van der Waals surface area (Å²) in [4.78, 5) is 77.5. The van der Waals surface area contributed by atoms with Gasteiger partial charge in [0.25, 0.3) is 0 Å². The molecule has 0 aliphatic heterocycles. The van der Waals surface area contributed by atoms with E-state index in [0.717, 1.165) is 5.57 Å². The highest BCUT2D eigenvalue weighted by molar-refractivity contribution is 6.02. The molecule has 8 aliphatic carbocycles. The van der Waals surface area contributed by atoms with Crippen molar-refractivity contribution in [2.45, 2.75) is 140 Å². The summed E-state index contributed by atoms with van der Waals surface area (Å²) < 4.78 is 27.9. The van der Waals surface area contributed by atoms with Gasteiger partial charge in [0.15, 0.2) is 30.4 Å². The Labute approximate surface area is 360 Å². The number of halogens is 1. The first kappa shape index (κ1) is 44.9. The van der Waals surface area contributed by atoms with E-state index in [1.165, 1.54) is 18.2 Å². The standard InChI is InChI=1S/C48H61FO13/c1-25-16-34-33-9-7-27-18-29(51)11-14-43(27,3)47(33,49)36(54)22-45(34,5)48(25,60)38(56)24-62-40(58)20-30(52)19-39(57)61-23-37(55)46(59)15-12-32-31-8-6-26-17-28(50)10-13-42(26,2)41(31)35(53)21-44(32,46)4/h10-11,13-14,17-18,25,30-36,41,52-54,59-60H,6-9,12,15-16,19-24H2,1-5H3. The number of carbonyl (C=O) groups excluding carboxylic acids is 6.